The molecular weight excluding hydrogens is 444 g/mol. The minimum atomic E-state index is -0.137. The lowest BCUT2D eigenvalue weighted by Gasteiger charge is -2.35. The van der Waals surface area contributed by atoms with Gasteiger partial charge < -0.3 is 23.5 Å². The molecule has 7 nitrogen and oxygen atoms in total. The van der Waals surface area contributed by atoms with Crippen LogP contribution >= 0.6 is 0 Å². The van der Waals surface area contributed by atoms with Crippen LogP contribution in [0.1, 0.15) is 35.5 Å². The molecule has 0 N–H and O–H groups in total. The van der Waals surface area contributed by atoms with Crippen LogP contribution in [0.5, 0.6) is 11.5 Å². The Balaban J connectivity index is 1.30. The van der Waals surface area contributed by atoms with Crippen molar-refractivity contribution in [3.05, 3.63) is 71.5 Å². The zero-order valence-corrected chi connectivity index (χ0v) is 20.5. The molecule has 1 saturated heterocycles. The number of benzene rings is 2. The first-order valence-corrected chi connectivity index (χ1v) is 12.1. The lowest BCUT2D eigenvalue weighted by atomic mass is 10.1. The lowest BCUT2D eigenvalue weighted by Crippen LogP contribution is -2.44. The Labute approximate surface area is 206 Å². The number of nitrogens with zero attached hydrogens (tertiary/aromatic N) is 2. The summed E-state index contributed by atoms with van der Waals surface area (Å²) in [4.78, 5) is 17.5. The first-order chi connectivity index (χ1) is 17.0. The highest BCUT2D eigenvalue weighted by molar-refractivity contribution is 5.92. The highest BCUT2D eigenvalue weighted by atomic mass is 16.5. The number of rotatable bonds is 5. The van der Waals surface area contributed by atoms with Crippen LogP contribution < -0.4 is 9.47 Å². The first-order valence-electron chi connectivity index (χ1n) is 12.1. The molecular formula is C28H32N2O5. The first kappa shape index (κ1) is 23.5. The summed E-state index contributed by atoms with van der Waals surface area (Å²) in [6.45, 7) is 8.34. The SMILES string of the molecule is COc1ccc(-c2ccc(C(=O)N3CCOc4ccc(CN5C[C@@H](C)O[C@@H](C)C5)cc4C3)o2)cc1. The maximum atomic E-state index is 13.3. The van der Waals surface area contributed by atoms with Gasteiger partial charge in [0.2, 0.25) is 0 Å². The fourth-order valence-electron chi connectivity index (χ4n) is 4.91. The molecule has 0 bridgehead atoms. The predicted molar refractivity (Wildman–Crippen MR) is 133 cm³/mol. The number of morpholine rings is 1. The molecule has 35 heavy (non-hydrogen) atoms. The van der Waals surface area contributed by atoms with E-state index in [4.69, 9.17) is 18.6 Å². The standard InChI is InChI=1S/C28H32N2O5/c1-19-15-29(16-20(2)34-19)17-21-4-9-25-23(14-21)18-30(12-13-33-25)28(31)27-11-10-26(35-27)22-5-7-24(32-3)8-6-22/h4-11,14,19-20H,12-13,15-18H2,1-3H3/t19-,20+. The largest absolute Gasteiger partial charge is 0.497 e. The van der Waals surface area contributed by atoms with Gasteiger partial charge in [0.15, 0.2) is 5.76 Å². The molecule has 1 amide bonds. The van der Waals surface area contributed by atoms with Crippen LogP contribution in [0.15, 0.2) is 59.0 Å². The third-order valence-corrected chi connectivity index (χ3v) is 6.48. The third-order valence-electron chi connectivity index (χ3n) is 6.48. The van der Waals surface area contributed by atoms with Gasteiger partial charge >= 0.3 is 0 Å². The Morgan fingerprint density at radius 2 is 1.80 bits per heavy atom. The molecule has 0 aliphatic carbocycles. The van der Waals surface area contributed by atoms with E-state index in [1.165, 1.54) is 5.56 Å². The van der Waals surface area contributed by atoms with Crippen LogP contribution in [0.4, 0.5) is 0 Å². The van der Waals surface area contributed by atoms with Gasteiger partial charge in [0, 0.05) is 37.3 Å². The number of fused-ring (bicyclic) bond motifs is 1. The van der Waals surface area contributed by atoms with Crippen molar-refractivity contribution in [1.29, 1.82) is 0 Å². The van der Waals surface area contributed by atoms with E-state index in [0.29, 0.717) is 31.2 Å². The van der Waals surface area contributed by atoms with E-state index in [9.17, 15) is 4.79 Å². The third kappa shape index (κ3) is 5.36. The maximum absolute atomic E-state index is 13.3. The number of hydrogen-bond acceptors (Lipinski definition) is 6. The number of carbonyl (C=O) groups is 1. The molecule has 2 aliphatic rings. The molecule has 3 aromatic rings. The Hall–Kier alpha value is -3.29. The van der Waals surface area contributed by atoms with E-state index in [1.807, 2.05) is 36.4 Å². The molecule has 0 saturated carbocycles. The Kier molecular flexibility index (Phi) is 6.79. The molecule has 0 radical (unpaired) electrons. The number of hydrogen-bond donors (Lipinski definition) is 0. The van der Waals surface area contributed by atoms with Crippen LogP contribution in [-0.2, 0) is 17.8 Å². The molecule has 2 aliphatic heterocycles. The van der Waals surface area contributed by atoms with Crippen molar-refractivity contribution in [2.24, 2.45) is 0 Å². The molecule has 2 aromatic carbocycles. The fraction of sp³-hybridized carbons (Fsp3) is 0.393. The second-order valence-corrected chi connectivity index (χ2v) is 9.36. The predicted octanol–water partition coefficient (Wildman–Crippen LogP) is 4.60. The topological polar surface area (TPSA) is 64.4 Å². The molecule has 0 unspecified atom stereocenters. The van der Waals surface area contributed by atoms with Gasteiger partial charge in [-0.15, -0.1) is 0 Å². The van der Waals surface area contributed by atoms with Crippen molar-refractivity contribution in [1.82, 2.24) is 9.80 Å². The van der Waals surface area contributed by atoms with E-state index in [0.717, 1.165) is 42.3 Å². The monoisotopic (exact) mass is 476 g/mol. The fourth-order valence-corrected chi connectivity index (χ4v) is 4.91. The molecule has 1 aromatic heterocycles. The quantitative estimate of drug-likeness (QED) is 0.536. The van der Waals surface area contributed by atoms with Gasteiger partial charge in [0.05, 0.1) is 25.9 Å². The van der Waals surface area contributed by atoms with E-state index in [1.54, 1.807) is 18.1 Å². The van der Waals surface area contributed by atoms with Gasteiger partial charge in [-0.05, 0) is 67.9 Å². The normalized spacial score (nSPS) is 20.6. The summed E-state index contributed by atoms with van der Waals surface area (Å²) in [6, 6.07) is 17.5. The van der Waals surface area contributed by atoms with Crippen LogP contribution in [0.2, 0.25) is 0 Å². The minimum absolute atomic E-state index is 0.137. The van der Waals surface area contributed by atoms with E-state index < -0.39 is 0 Å². The number of ether oxygens (including phenoxy) is 3. The molecule has 2 atom stereocenters. The number of carbonyl (C=O) groups excluding carboxylic acids is 1. The average molecular weight is 477 g/mol. The summed E-state index contributed by atoms with van der Waals surface area (Å²) in [7, 11) is 1.63. The summed E-state index contributed by atoms with van der Waals surface area (Å²) in [6.07, 6.45) is 0.458. The van der Waals surface area contributed by atoms with Crippen LogP contribution in [0.25, 0.3) is 11.3 Å². The number of amides is 1. The number of furan rings is 1. The summed E-state index contributed by atoms with van der Waals surface area (Å²) < 4.78 is 23.0. The van der Waals surface area contributed by atoms with Gasteiger partial charge in [-0.25, -0.2) is 0 Å². The minimum Gasteiger partial charge on any atom is -0.497 e. The summed E-state index contributed by atoms with van der Waals surface area (Å²) in [5.74, 6) is 2.45. The van der Waals surface area contributed by atoms with Crippen LogP contribution in [0.3, 0.4) is 0 Å². The summed E-state index contributed by atoms with van der Waals surface area (Å²) >= 11 is 0. The highest BCUT2D eigenvalue weighted by Gasteiger charge is 2.25. The Morgan fingerprint density at radius 1 is 1.03 bits per heavy atom. The van der Waals surface area contributed by atoms with E-state index in [-0.39, 0.29) is 18.1 Å². The van der Waals surface area contributed by atoms with E-state index in [2.05, 4.69) is 30.9 Å². The highest BCUT2D eigenvalue weighted by Crippen LogP contribution is 2.28. The molecule has 184 valence electrons. The zero-order valence-electron chi connectivity index (χ0n) is 20.5. The lowest BCUT2D eigenvalue weighted by molar-refractivity contribution is -0.0705. The van der Waals surface area contributed by atoms with Crippen molar-refractivity contribution in [3.8, 4) is 22.8 Å². The van der Waals surface area contributed by atoms with E-state index >= 15 is 0 Å². The van der Waals surface area contributed by atoms with Crippen molar-refractivity contribution in [2.75, 3.05) is 33.4 Å². The summed E-state index contributed by atoms with van der Waals surface area (Å²) in [5.41, 5.74) is 3.12. The maximum Gasteiger partial charge on any atom is 0.290 e. The van der Waals surface area contributed by atoms with Crippen molar-refractivity contribution < 1.29 is 23.4 Å². The van der Waals surface area contributed by atoms with Crippen molar-refractivity contribution in [3.63, 3.8) is 0 Å². The van der Waals surface area contributed by atoms with Crippen LogP contribution in [0, 0.1) is 0 Å². The van der Waals surface area contributed by atoms with Crippen molar-refractivity contribution in [2.45, 2.75) is 39.1 Å². The van der Waals surface area contributed by atoms with Gasteiger partial charge in [-0.2, -0.15) is 0 Å². The van der Waals surface area contributed by atoms with Gasteiger partial charge in [0.25, 0.3) is 5.91 Å². The smallest absolute Gasteiger partial charge is 0.290 e. The Morgan fingerprint density at radius 3 is 2.54 bits per heavy atom. The van der Waals surface area contributed by atoms with Gasteiger partial charge in [-0.1, -0.05) is 6.07 Å². The zero-order chi connectivity index (χ0) is 24.4. The van der Waals surface area contributed by atoms with Crippen LogP contribution in [-0.4, -0.2) is 61.3 Å². The van der Waals surface area contributed by atoms with Gasteiger partial charge in [-0.3, -0.25) is 9.69 Å². The average Bonchev–Trinajstić information content (AvgIpc) is 3.24. The second-order valence-electron chi connectivity index (χ2n) is 9.36. The number of methoxy groups -OCH3 is 1. The molecule has 0 spiro atoms. The molecule has 3 heterocycles. The van der Waals surface area contributed by atoms with Gasteiger partial charge in [0.1, 0.15) is 23.9 Å². The second kappa shape index (κ2) is 10.1. The summed E-state index contributed by atoms with van der Waals surface area (Å²) in [5, 5.41) is 0. The molecule has 1 fully saturated rings. The Bertz CT molecular complexity index is 1160. The van der Waals surface area contributed by atoms with Crippen molar-refractivity contribution >= 4 is 5.91 Å². The molecule has 7 heteroatoms. The molecule has 5 rings (SSSR count).